The lowest BCUT2D eigenvalue weighted by Gasteiger charge is -2.18. The summed E-state index contributed by atoms with van der Waals surface area (Å²) in [7, 11) is 0. The average Bonchev–Trinajstić information content (AvgIpc) is 3.12. The van der Waals surface area contributed by atoms with Gasteiger partial charge in [0, 0.05) is 24.6 Å². The molecule has 2 atom stereocenters. The predicted molar refractivity (Wildman–Crippen MR) is 99.4 cm³/mol. The third kappa shape index (κ3) is 5.04. The Bertz CT molecular complexity index is 681. The fourth-order valence-electron chi connectivity index (χ4n) is 2.87. The van der Waals surface area contributed by atoms with Gasteiger partial charge in [-0.3, -0.25) is 10.2 Å². The van der Waals surface area contributed by atoms with Crippen molar-refractivity contribution >= 4 is 17.7 Å². The molecular formula is C19H22FN3OS. The van der Waals surface area contributed by atoms with Crippen molar-refractivity contribution in [2.75, 3.05) is 18.8 Å². The van der Waals surface area contributed by atoms with Gasteiger partial charge in [-0.2, -0.15) is 11.8 Å². The molecule has 2 unspecified atom stereocenters. The van der Waals surface area contributed by atoms with Crippen LogP contribution in [0.5, 0.6) is 0 Å². The highest BCUT2D eigenvalue weighted by Crippen LogP contribution is 2.25. The van der Waals surface area contributed by atoms with Gasteiger partial charge in [-0.05, 0) is 23.3 Å². The molecule has 0 saturated carbocycles. The molecule has 2 aromatic rings. The average molecular weight is 359 g/mol. The number of hydrogen-bond donors (Lipinski definition) is 3. The molecule has 0 aromatic heterocycles. The normalized spacial score (nSPS) is 19.7. The summed E-state index contributed by atoms with van der Waals surface area (Å²) in [5.41, 5.74) is 8.34. The lowest BCUT2D eigenvalue weighted by molar-refractivity contribution is -0.124. The van der Waals surface area contributed by atoms with E-state index in [-0.39, 0.29) is 23.7 Å². The van der Waals surface area contributed by atoms with E-state index < -0.39 is 0 Å². The molecular weight excluding hydrogens is 337 g/mol. The molecule has 1 aliphatic heterocycles. The van der Waals surface area contributed by atoms with Gasteiger partial charge in [0.15, 0.2) is 0 Å². The Morgan fingerprint density at radius 1 is 1.16 bits per heavy atom. The highest BCUT2D eigenvalue weighted by Gasteiger charge is 2.33. The first kappa shape index (κ1) is 17.9. The van der Waals surface area contributed by atoms with Gasteiger partial charge in [-0.15, -0.1) is 0 Å². The zero-order valence-corrected chi connectivity index (χ0v) is 14.7. The van der Waals surface area contributed by atoms with Crippen molar-refractivity contribution in [3.8, 4) is 0 Å². The summed E-state index contributed by atoms with van der Waals surface area (Å²) >= 11 is 1.80. The van der Waals surface area contributed by atoms with Crippen LogP contribution in [0.1, 0.15) is 17.2 Å². The lowest BCUT2D eigenvalue weighted by Crippen LogP contribution is -2.36. The Morgan fingerprint density at radius 3 is 2.68 bits per heavy atom. The van der Waals surface area contributed by atoms with Gasteiger partial charge in [0.1, 0.15) is 5.82 Å². The minimum Gasteiger partial charge on any atom is -0.355 e. The molecule has 0 radical (unpaired) electrons. The Hall–Kier alpha value is -1.89. The van der Waals surface area contributed by atoms with Crippen LogP contribution in [-0.2, 0) is 10.5 Å². The lowest BCUT2D eigenvalue weighted by atomic mass is 9.94. The van der Waals surface area contributed by atoms with E-state index in [4.69, 9.17) is 0 Å². The third-order valence-electron chi connectivity index (χ3n) is 4.20. The number of hydrazine groups is 1. The summed E-state index contributed by atoms with van der Waals surface area (Å²) < 4.78 is 13.1. The van der Waals surface area contributed by atoms with Crippen LogP contribution in [-0.4, -0.2) is 24.7 Å². The second kappa shape index (κ2) is 8.99. The monoisotopic (exact) mass is 359 g/mol. The molecule has 1 aliphatic rings. The van der Waals surface area contributed by atoms with E-state index >= 15 is 0 Å². The highest BCUT2D eigenvalue weighted by atomic mass is 32.2. The van der Waals surface area contributed by atoms with E-state index in [0.29, 0.717) is 13.1 Å². The molecule has 25 heavy (non-hydrogen) atoms. The standard InChI is InChI=1S/C19H22FN3OS/c20-16-8-6-15(7-9-16)18-17(12-22-23-18)19(24)21-10-11-25-13-14-4-2-1-3-5-14/h1-9,17-18,22-23H,10-13H2,(H,21,24). The molecule has 1 amide bonds. The summed E-state index contributed by atoms with van der Waals surface area (Å²) in [6.07, 6.45) is 0. The maximum atomic E-state index is 13.1. The summed E-state index contributed by atoms with van der Waals surface area (Å²) in [6.45, 7) is 1.20. The molecule has 6 heteroatoms. The van der Waals surface area contributed by atoms with E-state index in [2.05, 4.69) is 28.3 Å². The van der Waals surface area contributed by atoms with Crippen LogP contribution in [0.4, 0.5) is 4.39 Å². The number of carbonyl (C=O) groups excluding carboxylic acids is 1. The number of benzene rings is 2. The Morgan fingerprint density at radius 2 is 1.92 bits per heavy atom. The van der Waals surface area contributed by atoms with Crippen LogP contribution in [0.3, 0.4) is 0 Å². The van der Waals surface area contributed by atoms with Crippen molar-refractivity contribution in [1.82, 2.24) is 16.2 Å². The smallest absolute Gasteiger partial charge is 0.226 e. The number of thioether (sulfide) groups is 1. The summed E-state index contributed by atoms with van der Waals surface area (Å²) in [4.78, 5) is 12.5. The zero-order valence-electron chi connectivity index (χ0n) is 13.9. The fourth-order valence-corrected chi connectivity index (χ4v) is 3.69. The van der Waals surface area contributed by atoms with Gasteiger partial charge in [-0.1, -0.05) is 42.5 Å². The topological polar surface area (TPSA) is 53.2 Å². The van der Waals surface area contributed by atoms with Crippen LogP contribution < -0.4 is 16.2 Å². The van der Waals surface area contributed by atoms with Gasteiger partial charge < -0.3 is 5.32 Å². The summed E-state index contributed by atoms with van der Waals surface area (Å²) in [5, 5.41) is 3.01. The van der Waals surface area contributed by atoms with Crippen LogP contribution in [0, 0.1) is 11.7 Å². The quantitative estimate of drug-likeness (QED) is 0.666. The number of carbonyl (C=O) groups is 1. The molecule has 3 N–H and O–H groups in total. The SMILES string of the molecule is O=C(NCCSCc1ccccc1)C1CNNC1c1ccc(F)cc1. The van der Waals surface area contributed by atoms with E-state index in [1.165, 1.54) is 17.7 Å². The van der Waals surface area contributed by atoms with Gasteiger partial charge in [-0.25, -0.2) is 9.82 Å². The predicted octanol–water partition coefficient (Wildman–Crippen LogP) is 2.64. The maximum Gasteiger partial charge on any atom is 0.226 e. The second-order valence-corrected chi connectivity index (χ2v) is 7.10. The first-order valence-electron chi connectivity index (χ1n) is 8.37. The van der Waals surface area contributed by atoms with Crippen LogP contribution >= 0.6 is 11.8 Å². The van der Waals surface area contributed by atoms with Crippen molar-refractivity contribution in [3.63, 3.8) is 0 Å². The second-order valence-electron chi connectivity index (χ2n) is 5.99. The highest BCUT2D eigenvalue weighted by molar-refractivity contribution is 7.98. The number of nitrogens with one attached hydrogen (secondary N) is 3. The van der Waals surface area contributed by atoms with Crippen molar-refractivity contribution in [3.05, 3.63) is 71.5 Å². The van der Waals surface area contributed by atoms with Gasteiger partial charge in [0.2, 0.25) is 5.91 Å². The van der Waals surface area contributed by atoms with Gasteiger partial charge in [0.25, 0.3) is 0 Å². The Balaban J connectivity index is 1.43. The molecule has 2 aromatic carbocycles. The molecule has 4 nitrogen and oxygen atoms in total. The molecule has 0 spiro atoms. The molecule has 3 rings (SSSR count). The van der Waals surface area contributed by atoms with Crippen LogP contribution in [0.25, 0.3) is 0 Å². The van der Waals surface area contributed by atoms with Crippen LogP contribution in [0.15, 0.2) is 54.6 Å². The molecule has 132 valence electrons. The third-order valence-corrected chi connectivity index (χ3v) is 5.24. The van der Waals surface area contributed by atoms with Gasteiger partial charge >= 0.3 is 0 Å². The number of amides is 1. The molecule has 0 bridgehead atoms. The van der Waals surface area contributed by atoms with E-state index in [0.717, 1.165) is 17.1 Å². The van der Waals surface area contributed by atoms with E-state index in [1.54, 1.807) is 23.9 Å². The van der Waals surface area contributed by atoms with Crippen molar-refractivity contribution < 1.29 is 9.18 Å². The Kier molecular flexibility index (Phi) is 6.44. The molecule has 1 saturated heterocycles. The zero-order chi connectivity index (χ0) is 17.5. The van der Waals surface area contributed by atoms with Crippen molar-refractivity contribution in [1.29, 1.82) is 0 Å². The first-order valence-corrected chi connectivity index (χ1v) is 9.53. The number of halogens is 1. The summed E-state index contributed by atoms with van der Waals surface area (Å²) in [5.74, 6) is 1.36. The Labute approximate surface area is 151 Å². The fraction of sp³-hybridized carbons (Fsp3) is 0.316. The summed E-state index contributed by atoms with van der Waals surface area (Å²) in [6, 6.07) is 16.4. The molecule has 1 fully saturated rings. The molecule has 0 aliphatic carbocycles. The number of rotatable bonds is 7. The van der Waals surface area contributed by atoms with Crippen LogP contribution in [0.2, 0.25) is 0 Å². The van der Waals surface area contributed by atoms with E-state index in [1.807, 2.05) is 18.2 Å². The first-order chi connectivity index (χ1) is 12.2. The maximum absolute atomic E-state index is 13.1. The van der Waals surface area contributed by atoms with Crippen molar-refractivity contribution in [2.24, 2.45) is 5.92 Å². The molecule has 1 heterocycles. The minimum atomic E-state index is -0.272. The van der Waals surface area contributed by atoms with E-state index in [9.17, 15) is 9.18 Å². The van der Waals surface area contributed by atoms with Gasteiger partial charge in [0.05, 0.1) is 12.0 Å². The minimum absolute atomic E-state index is 0.0205. The number of hydrogen-bond acceptors (Lipinski definition) is 4. The largest absolute Gasteiger partial charge is 0.355 e. The van der Waals surface area contributed by atoms with Crippen molar-refractivity contribution in [2.45, 2.75) is 11.8 Å².